The van der Waals surface area contributed by atoms with Crippen molar-refractivity contribution in [2.75, 3.05) is 18.8 Å². The second-order valence-corrected chi connectivity index (χ2v) is 9.88. The third kappa shape index (κ3) is 4.23. The van der Waals surface area contributed by atoms with E-state index in [4.69, 9.17) is 0 Å². The maximum atomic E-state index is 12.6. The fraction of sp³-hybridized carbons (Fsp3) is 0.409. The summed E-state index contributed by atoms with van der Waals surface area (Å²) < 4.78 is 26.5. The fourth-order valence-electron chi connectivity index (χ4n) is 4.14. The summed E-state index contributed by atoms with van der Waals surface area (Å²) >= 11 is 0. The summed E-state index contributed by atoms with van der Waals surface area (Å²) in [6.07, 6.45) is 4.08. The van der Waals surface area contributed by atoms with Crippen LogP contribution in [0.25, 0.3) is 11.0 Å². The molecule has 0 spiro atoms. The molecule has 0 saturated carbocycles. The number of fused-ring (bicyclic) bond motifs is 1. The van der Waals surface area contributed by atoms with E-state index in [9.17, 15) is 13.2 Å². The average molecular weight is 427 g/mol. The van der Waals surface area contributed by atoms with Crippen LogP contribution in [-0.2, 0) is 21.7 Å². The van der Waals surface area contributed by atoms with E-state index in [0.717, 1.165) is 29.6 Å². The number of carbonyl (C=O) groups is 1. The molecule has 0 bridgehead atoms. The molecule has 7 nitrogen and oxygen atoms in total. The molecule has 1 aromatic carbocycles. The van der Waals surface area contributed by atoms with Crippen LogP contribution >= 0.6 is 0 Å². The highest BCUT2D eigenvalue weighted by Gasteiger charge is 2.27. The summed E-state index contributed by atoms with van der Waals surface area (Å²) in [4.78, 5) is 19.2. The number of piperidine rings is 1. The largest absolute Gasteiger partial charge is 0.343 e. The molecule has 1 saturated heterocycles. The lowest BCUT2D eigenvalue weighted by Crippen LogP contribution is -2.38. The predicted octanol–water partition coefficient (Wildman–Crippen LogP) is 2.93. The van der Waals surface area contributed by atoms with Gasteiger partial charge in [-0.25, -0.2) is 13.4 Å². The first-order valence-corrected chi connectivity index (χ1v) is 11.9. The molecule has 0 aliphatic carbocycles. The van der Waals surface area contributed by atoms with Gasteiger partial charge in [-0.2, -0.15) is 5.10 Å². The number of hydrogen-bond donors (Lipinski definition) is 0. The minimum atomic E-state index is -3.34. The molecule has 1 amide bonds. The molecule has 1 fully saturated rings. The number of pyridine rings is 1. The van der Waals surface area contributed by atoms with Crippen LogP contribution in [0.5, 0.6) is 0 Å². The van der Waals surface area contributed by atoms with Crippen LogP contribution in [0.15, 0.2) is 53.6 Å². The van der Waals surface area contributed by atoms with Gasteiger partial charge in [-0.05, 0) is 43.5 Å². The number of amides is 1. The van der Waals surface area contributed by atoms with E-state index in [1.807, 2.05) is 22.7 Å². The predicted molar refractivity (Wildman–Crippen MR) is 115 cm³/mol. The second-order valence-electron chi connectivity index (χ2n) is 7.77. The lowest BCUT2D eigenvalue weighted by atomic mass is 9.92. The van der Waals surface area contributed by atoms with Crippen LogP contribution < -0.4 is 0 Å². The Bertz CT molecular complexity index is 1130. The number of likely N-dealkylation sites (tertiary alicyclic amines) is 1. The number of sulfone groups is 1. The molecule has 0 N–H and O–H groups in total. The van der Waals surface area contributed by atoms with Gasteiger partial charge in [0.25, 0.3) is 0 Å². The van der Waals surface area contributed by atoms with E-state index in [0.29, 0.717) is 30.3 Å². The maximum Gasteiger partial charge on any atom is 0.222 e. The van der Waals surface area contributed by atoms with Crippen molar-refractivity contribution in [2.24, 2.45) is 7.05 Å². The quantitative estimate of drug-likeness (QED) is 0.605. The standard InChI is InChI=1S/C22H26N4O3S/c1-25-22-19(9-5-13-23-22)21(24-25)17-11-14-26(15-12-17)20(27)10-6-16-30(28,29)18-7-3-2-4-8-18/h2-5,7-9,13,17H,6,10-12,14-16H2,1H3. The second kappa shape index (κ2) is 8.55. The molecule has 158 valence electrons. The van der Waals surface area contributed by atoms with Crippen molar-refractivity contribution in [2.45, 2.75) is 36.5 Å². The van der Waals surface area contributed by atoms with Crippen LogP contribution in [0.2, 0.25) is 0 Å². The summed E-state index contributed by atoms with van der Waals surface area (Å²) in [5, 5.41) is 5.75. The Morgan fingerprint density at radius 1 is 1.10 bits per heavy atom. The smallest absolute Gasteiger partial charge is 0.222 e. The number of nitrogens with zero attached hydrogens (tertiary/aromatic N) is 4. The zero-order chi connectivity index (χ0) is 21.1. The van der Waals surface area contributed by atoms with E-state index in [-0.39, 0.29) is 18.1 Å². The highest BCUT2D eigenvalue weighted by Crippen LogP contribution is 2.31. The lowest BCUT2D eigenvalue weighted by molar-refractivity contribution is -0.132. The lowest BCUT2D eigenvalue weighted by Gasteiger charge is -2.31. The Balaban J connectivity index is 1.30. The Morgan fingerprint density at radius 3 is 2.57 bits per heavy atom. The molecular weight excluding hydrogens is 400 g/mol. The molecule has 0 atom stereocenters. The van der Waals surface area contributed by atoms with Crippen molar-refractivity contribution in [1.82, 2.24) is 19.7 Å². The van der Waals surface area contributed by atoms with Gasteiger partial charge in [-0.1, -0.05) is 18.2 Å². The van der Waals surface area contributed by atoms with Gasteiger partial charge >= 0.3 is 0 Å². The van der Waals surface area contributed by atoms with Crippen LogP contribution in [0.1, 0.15) is 37.3 Å². The van der Waals surface area contributed by atoms with Crippen molar-refractivity contribution < 1.29 is 13.2 Å². The highest BCUT2D eigenvalue weighted by atomic mass is 32.2. The van der Waals surface area contributed by atoms with E-state index in [1.54, 1.807) is 36.5 Å². The zero-order valence-electron chi connectivity index (χ0n) is 17.1. The van der Waals surface area contributed by atoms with Crippen LogP contribution in [-0.4, -0.2) is 52.8 Å². The van der Waals surface area contributed by atoms with E-state index < -0.39 is 9.84 Å². The van der Waals surface area contributed by atoms with Gasteiger partial charge < -0.3 is 4.90 Å². The van der Waals surface area contributed by atoms with Crippen LogP contribution in [0.4, 0.5) is 0 Å². The van der Waals surface area contributed by atoms with Gasteiger partial charge in [-0.3, -0.25) is 9.48 Å². The first kappa shape index (κ1) is 20.5. The van der Waals surface area contributed by atoms with Crippen molar-refractivity contribution in [1.29, 1.82) is 0 Å². The Labute approximate surface area is 176 Å². The minimum absolute atomic E-state index is 0.00779. The normalized spacial score (nSPS) is 15.6. The molecule has 0 unspecified atom stereocenters. The van der Waals surface area contributed by atoms with E-state index in [2.05, 4.69) is 16.1 Å². The van der Waals surface area contributed by atoms with Gasteiger partial charge in [0.2, 0.25) is 5.91 Å². The number of hydrogen-bond acceptors (Lipinski definition) is 5. The molecule has 3 heterocycles. The molecule has 1 aliphatic rings. The molecule has 1 aliphatic heterocycles. The van der Waals surface area contributed by atoms with Gasteiger partial charge in [0.05, 0.1) is 16.3 Å². The summed E-state index contributed by atoms with van der Waals surface area (Å²) in [5.74, 6) is 0.330. The summed E-state index contributed by atoms with van der Waals surface area (Å²) in [6, 6.07) is 12.4. The number of aromatic nitrogens is 3. The van der Waals surface area contributed by atoms with Gasteiger partial charge in [0, 0.05) is 44.1 Å². The average Bonchev–Trinajstić information content (AvgIpc) is 3.11. The van der Waals surface area contributed by atoms with Crippen LogP contribution in [0, 0.1) is 0 Å². The highest BCUT2D eigenvalue weighted by molar-refractivity contribution is 7.91. The number of rotatable bonds is 6. The number of aryl methyl sites for hydroxylation is 1. The molecule has 0 radical (unpaired) electrons. The van der Waals surface area contributed by atoms with E-state index >= 15 is 0 Å². The van der Waals surface area contributed by atoms with Gasteiger partial charge in [0.1, 0.15) is 0 Å². The summed E-state index contributed by atoms with van der Waals surface area (Å²) in [7, 11) is -1.43. The minimum Gasteiger partial charge on any atom is -0.343 e. The fourth-order valence-corrected chi connectivity index (χ4v) is 5.47. The molecule has 3 aromatic rings. The van der Waals surface area contributed by atoms with Crippen molar-refractivity contribution in [3.8, 4) is 0 Å². The molecule has 4 rings (SSSR count). The van der Waals surface area contributed by atoms with E-state index in [1.165, 1.54) is 0 Å². The third-order valence-corrected chi connectivity index (χ3v) is 7.58. The molecule has 2 aromatic heterocycles. The summed E-state index contributed by atoms with van der Waals surface area (Å²) in [5.41, 5.74) is 1.94. The Morgan fingerprint density at radius 2 is 1.83 bits per heavy atom. The van der Waals surface area contributed by atoms with Crippen molar-refractivity contribution in [3.63, 3.8) is 0 Å². The number of carbonyl (C=O) groups excluding carboxylic acids is 1. The summed E-state index contributed by atoms with van der Waals surface area (Å²) in [6.45, 7) is 1.35. The topological polar surface area (TPSA) is 85.2 Å². The first-order valence-electron chi connectivity index (χ1n) is 10.3. The van der Waals surface area contributed by atoms with Gasteiger partial charge in [0.15, 0.2) is 15.5 Å². The third-order valence-electron chi connectivity index (χ3n) is 5.77. The van der Waals surface area contributed by atoms with Gasteiger partial charge in [-0.15, -0.1) is 0 Å². The molecular formula is C22H26N4O3S. The van der Waals surface area contributed by atoms with Crippen LogP contribution in [0.3, 0.4) is 0 Å². The van der Waals surface area contributed by atoms with Crippen molar-refractivity contribution in [3.05, 3.63) is 54.4 Å². The zero-order valence-corrected chi connectivity index (χ0v) is 17.9. The van der Waals surface area contributed by atoms with Crippen molar-refractivity contribution >= 4 is 26.8 Å². The molecule has 30 heavy (non-hydrogen) atoms. The SMILES string of the molecule is Cn1nc(C2CCN(C(=O)CCCS(=O)(=O)c3ccccc3)CC2)c2cccnc21. The Hall–Kier alpha value is -2.74. The first-order chi connectivity index (χ1) is 14.5. The monoisotopic (exact) mass is 426 g/mol. The molecule has 8 heteroatoms. The Kier molecular flexibility index (Phi) is 5.85. The number of benzene rings is 1. The maximum absolute atomic E-state index is 12.6.